The highest BCUT2D eigenvalue weighted by Gasteiger charge is 2.15. The van der Waals surface area contributed by atoms with Crippen LogP contribution in [0.15, 0.2) is 29.1 Å². The lowest BCUT2D eigenvalue weighted by Crippen LogP contribution is -2.33. The van der Waals surface area contributed by atoms with Gasteiger partial charge in [0.1, 0.15) is 0 Å². The Bertz CT molecular complexity index is 805. The summed E-state index contributed by atoms with van der Waals surface area (Å²) in [4.78, 5) is 31.1. The maximum absolute atomic E-state index is 12.0. The van der Waals surface area contributed by atoms with Crippen LogP contribution in [0.3, 0.4) is 0 Å². The summed E-state index contributed by atoms with van der Waals surface area (Å²) in [5.74, 6) is 0.174. The number of amides is 1. The van der Waals surface area contributed by atoms with Gasteiger partial charge in [-0.1, -0.05) is 23.7 Å². The minimum absolute atomic E-state index is 0.107. The largest absolute Gasteiger partial charge is 0.354 e. The van der Waals surface area contributed by atoms with E-state index in [2.05, 4.69) is 25.9 Å². The van der Waals surface area contributed by atoms with E-state index in [0.29, 0.717) is 42.6 Å². The number of H-pyrrole nitrogens is 1. The van der Waals surface area contributed by atoms with Crippen molar-refractivity contribution >= 4 is 23.5 Å². The Balaban J connectivity index is 1.54. The second kappa shape index (κ2) is 7.46. The van der Waals surface area contributed by atoms with Crippen LogP contribution in [0.4, 0.5) is 5.95 Å². The number of benzene rings is 1. The van der Waals surface area contributed by atoms with Gasteiger partial charge in [-0.15, -0.1) is 0 Å². The van der Waals surface area contributed by atoms with E-state index in [9.17, 15) is 9.59 Å². The summed E-state index contributed by atoms with van der Waals surface area (Å²) in [5.41, 5.74) is 1.84. The molecule has 4 N–H and O–H groups in total. The van der Waals surface area contributed by atoms with Gasteiger partial charge in [-0.25, -0.2) is 4.98 Å². The third-order valence-corrected chi connectivity index (χ3v) is 4.10. The Morgan fingerprint density at radius 3 is 2.96 bits per heavy atom. The number of halogens is 1. The Labute approximate surface area is 143 Å². The fraction of sp³-hybridized carbons (Fsp3) is 0.312. The topological polar surface area (TPSA) is 98.9 Å². The van der Waals surface area contributed by atoms with E-state index < -0.39 is 0 Å². The lowest BCUT2D eigenvalue weighted by atomic mass is 10.1. The summed E-state index contributed by atoms with van der Waals surface area (Å²) < 4.78 is 0. The molecule has 1 aromatic heterocycles. The van der Waals surface area contributed by atoms with Crippen molar-refractivity contribution in [3.63, 3.8) is 0 Å². The first kappa shape index (κ1) is 16.5. The summed E-state index contributed by atoms with van der Waals surface area (Å²) in [6.45, 7) is 2.20. The first-order valence-electron chi connectivity index (χ1n) is 7.74. The van der Waals surface area contributed by atoms with Crippen LogP contribution in [0.1, 0.15) is 21.6 Å². The summed E-state index contributed by atoms with van der Waals surface area (Å²) >= 11 is 5.98. The Hall–Kier alpha value is -2.38. The Morgan fingerprint density at radius 2 is 2.12 bits per heavy atom. The van der Waals surface area contributed by atoms with Gasteiger partial charge in [0.05, 0.1) is 16.3 Å². The van der Waals surface area contributed by atoms with Gasteiger partial charge < -0.3 is 16.0 Å². The van der Waals surface area contributed by atoms with E-state index in [0.717, 1.165) is 17.8 Å². The van der Waals surface area contributed by atoms with Gasteiger partial charge >= 0.3 is 0 Å². The van der Waals surface area contributed by atoms with E-state index in [1.165, 1.54) is 0 Å². The quantitative estimate of drug-likeness (QED) is 0.603. The molecule has 1 aliphatic heterocycles. The van der Waals surface area contributed by atoms with Crippen LogP contribution in [0.5, 0.6) is 0 Å². The molecule has 0 spiro atoms. The molecule has 0 fully saturated rings. The number of aromatic nitrogens is 2. The van der Waals surface area contributed by atoms with Crippen molar-refractivity contribution in [2.75, 3.05) is 25.0 Å². The van der Waals surface area contributed by atoms with Crippen LogP contribution in [-0.4, -0.2) is 35.5 Å². The van der Waals surface area contributed by atoms with E-state index in [1.807, 2.05) is 0 Å². The van der Waals surface area contributed by atoms with Crippen LogP contribution >= 0.6 is 11.6 Å². The van der Waals surface area contributed by atoms with Crippen molar-refractivity contribution in [2.45, 2.75) is 13.0 Å². The number of hydrogen-bond acceptors (Lipinski definition) is 5. The number of aromatic amines is 1. The van der Waals surface area contributed by atoms with Crippen molar-refractivity contribution in [3.8, 4) is 0 Å². The minimum Gasteiger partial charge on any atom is -0.354 e. The highest BCUT2D eigenvalue weighted by molar-refractivity contribution is 6.33. The smallest absolute Gasteiger partial charge is 0.255 e. The molecule has 1 aromatic carbocycles. The lowest BCUT2D eigenvalue weighted by molar-refractivity contribution is 0.0955. The van der Waals surface area contributed by atoms with Crippen molar-refractivity contribution in [1.82, 2.24) is 20.6 Å². The van der Waals surface area contributed by atoms with Crippen LogP contribution in [-0.2, 0) is 13.0 Å². The molecular formula is C16H18ClN5O2. The predicted molar refractivity (Wildman–Crippen MR) is 92.5 cm³/mol. The molecule has 0 aliphatic carbocycles. The van der Waals surface area contributed by atoms with Crippen LogP contribution in [0, 0.1) is 0 Å². The monoisotopic (exact) mass is 347 g/mol. The highest BCUT2D eigenvalue weighted by atomic mass is 35.5. The zero-order chi connectivity index (χ0) is 16.9. The van der Waals surface area contributed by atoms with Crippen molar-refractivity contribution in [2.24, 2.45) is 0 Å². The molecule has 1 amide bonds. The van der Waals surface area contributed by atoms with Gasteiger partial charge in [-0.05, 0) is 25.1 Å². The van der Waals surface area contributed by atoms with E-state index >= 15 is 0 Å². The van der Waals surface area contributed by atoms with Crippen molar-refractivity contribution in [3.05, 3.63) is 56.5 Å². The molecule has 0 unspecified atom stereocenters. The molecule has 0 atom stereocenters. The van der Waals surface area contributed by atoms with Gasteiger partial charge in [0.25, 0.3) is 11.5 Å². The van der Waals surface area contributed by atoms with Crippen molar-refractivity contribution in [1.29, 1.82) is 0 Å². The number of rotatable bonds is 5. The summed E-state index contributed by atoms with van der Waals surface area (Å²) in [6.07, 6.45) is 0.686. The summed E-state index contributed by atoms with van der Waals surface area (Å²) in [6, 6.07) is 6.87. The average molecular weight is 348 g/mol. The molecule has 0 radical (unpaired) electrons. The Kier molecular flexibility index (Phi) is 5.12. The van der Waals surface area contributed by atoms with Crippen molar-refractivity contribution < 1.29 is 4.79 Å². The molecule has 24 heavy (non-hydrogen) atoms. The molecule has 2 heterocycles. The first-order chi connectivity index (χ1) is 11.6. The lowest BCUT2D eigenvalue weighted by Gasteiger charge is -2.16. The molecule has 1 aliphatic rings. The van der Waals surface area contributed by atoms with Gasteiger partial charge in [0.2, 0.25) is 5.95 Å². The SMILES string of the molecule is O=C(NCCNc1nc2c(c(=O)[nH]1)CCNC2)c1ccccc1Cl. The first-order valence-corrected chi connectivity index (χ1v) is 8.12. The molecule has 0 saturated heterocycles. The molecule has 0 bridgehead atoms. The summed E-state index contributed by atoms with van der Waals surface area (Å²) in [7, 11) is 0. The van der Waals surface area contributed by atoms with Crippen LogP contribution in [0.2, 0.25) is 5.02 Å². The number of nitrogens with one attached hydrogen (secondary N) is 4. The average Bonchev–Trinajstić information content (AvgIpc) is 2.59. The minimum atomic E-state index is -0.238. The van der Waals surface area contributed by atoms with Gasteiger partial charge in [-0.2, -0.15) is 0 Å². The molecule has 2 aromatic rings. The number of anilines is 1. The normalized spacial score (nSPS) is 13.2. The maximum atomic E-state index is 12.0. The highest BCUT2D eigenvalue weighted by Crippen LogP contribution is 2.14. The molecular weight excluding hydrogens is 330 g/mol. The summed E-state index contributed by atoms with van der Waals surface area (Å²) in [5, 5.41) is 9.39. The second-order valence-electron chi connectivity index (χ2n) is 5.43. The maximum Gasteiger partial charge on any atom is 0.255 e. The Morgan fingerprint density at radius 1 is 1.29 bits per heavy atom. The van der Waals surface area contributed by atoms with Gasteiger partial charge in [0, 0.05) is 25.2 Å². The molecule has 8 heteroatoms. The standard InChI is InChI=1S/C16H18ClN5O2/c17-12-4-2-1-3-10(12)14(23)19-7-8-20-16-21-13-9-18-6-5-11(13)15(24)22-16/h1-4,18H,5-9H2,(H,19,23)(H2,20,21,22,24). The van der Waals surface area contributed by atoms with E-state index in [1.54, 1.807) is 24.3 Å². The van der Waals surface area contributed by atoms with Crippen LogP contribution in [0.25, 0.3) is 0 Å². The number of nitrogens with zero attached hydrogens (tertiary/aromatic N) is 1. The predicted octanol–water partition coefficient (Wildman–Crippen LogP) is 0.911. The third-order valence-electron chi connectivity index (χ3n) is 3.77. The fourth-order valence-corrected chi connectivity index (χ4v) is 2.77. The van der Waals surface area contributed by atoms with Gasteiger partial charge in [-0.3, -0.25) is 14.6 Å². The van der Waals surface area contributed by atoms with Gasteiger partial charge in [0.15, 0.2) is 0 Å². The number of carbonyl (C=O) groups is 1. The zero-order valence-corrected chi connectivity index (χ0v) is 13.7. The molecule has 7 nitrogen and oxygen atoms in total. The van der Waals surface area contributed by atoms with E-state index in [-0.39, 0.29) is 11.5 Å². The zero-order valence-electron chi connectivity index (χ0n) is 13.0. The molecule has 0 saturated carbocycles. The number of hydrogen-bond donors (Lipinski definition) is 4. The molecule has 126 valence electrons. The second-order valence-corrected chi connectivity index (χ2v) is 5.84. The van der Waals surface area contributed by atoms with E-state index in [4.69, 9.17) is 11.6 Å². The number of fused-ring (bicyclic) bond motifs is 1. The molecule has 3 rings (SSSR count). The number of carbonyl (C=O) groups excluding carboxylic acids is 1. The third kappa shape index (κ3) is 3.74. The van der Waals surface area contributed by atoms with Crippen LogP contribution < -0.4 is 21.5 Å². The fourth-order valence-electron chi connectivity index (χ4n) is 2.55.